The predicted molar refractivity (Wildman–Crippen MR) is 39.8 cm³/mol. The molecule has 0 aromatic rings. The third-order valence-corrected chi connectivity index (χ3v) is 3.25. The molecule has 9 heteroatoms. The Labute approximate surface area is 69.2 Å². The Kier molecular flexibility index (Phi) is 3.18. The minimum atomic E-state index is -4.38. The molecule has 0 aliphatic rings. The van der Waals surface area contributed by atoms with Crippen LogP contribution < -0.4 is 5.73 Å². The maximum atomic E-state index is 10.5. The van der Waals surface area contributed by atoms with E-state index >= 15 is 0 Å². The van der Waals surface area contributed by atoms with E-state index in [4.69, 9.17) is 4.55 Å². The van der Waals surface area contributed by atoms with E-state index < -0.39 is 36.7 Å². The molecule has 0 radical (unpaired) electrons. The van der Waals surface area contributed by atoms with Crippen molar-refractivity contribution in [2.45, 2.75) is 0 Å². The number of hydrogen-bond donors (Lipinski definition) is 2. The third-order valence-electron chi connectivity index (χ3n) is 0.917. The zero-order chi connectivity index (χ0) is 9.99. The molecule has 1 amide bonds. The fourth-order valence-electron chi connectivity index (χ4n) is 0.316. The maximum absolute atomic E-state index is 10.5. The molecular weight excluding hydrogens is 210 g/mol. The van der Waals surface area contributed by atoms with Gasteiger partial charge in [0.05, 0.1) is 11.5 Å². The van der Waals surface area contributed by atoms with Gasteiger partial charge in [0, 0.05) is 0 Å². The van der Waals surface area contributed by atoms with Gasteiger partial charge in [-0.15, -0.1) is 0 Å². The number of carbonyl (C=O) groups excluding carboxylic acids is 1. The summed E-state index contributed by atoms with van der Waals surface area (Å²) in [5, 5.41) is -1.61. The van der Waals surface area contributed by atoms with Gasteiger partial charge in [0.15, 0.2) is 0 Å². The highest BCUT2D eigenvalue weighted by atomic mass is 32.2. The molecule has 7 nitrogen and oxygen atoms in total. The SMILES string of the molecule is NC(=O)S(=O)(=O)CCS(=O)(=O)O. The van der Waals surface area contributed by atoms with Crippen LogP contribution in [0.1, 0.15) is 0 Å². The Hall–Kier alpha value is -0.670. The molecule has 0 fully saturated rings. The first-order valence-corrected chi connectivity index (χ1v) is 5.88. The van der Waals surface area contributed by atoms with E-state index in [1.165, 1.54) is 0 Å². The van der Waals surface area contributed by atoms with Gasteiger partial charge in [-0.25, -0.2) is 8.42 Å². The molecule has 0 heterocycles. The molecule has 0 spiro atoms. The molecule has 0 rings (SSSR count). The summed E-state index contributed by atoms with van der Waals surface area (Å²) >= 11 is 0. The van der Waals surface area contributed by atoms with Crippen molar-refractivity contribution in [1.29, 1.82) is 0 Å². The van der Waals surface area contributed by atoms with Crippen LogP contribution >= 0.6 is 0 Å². The van der Waals surface area contributed by atoms with Crippen molar-refractivity contribution in [2.24, 2.45) is 5.73 Å². The van der Waals surface area contributed by atoms with Crippen molar-refractivity contribution in [1.82, 2.24) is 0 Å². The Morgan fingerprint density at radius 3 is 1.83 bits per heavy atom. The van der Waals surface area contributed by atoms with Crippen molar-refractivity contribution >= 4 is 25.2 Å². The van der Waals surface area contributed by atoms with Gasteiger partial charge >= 0.3 is 5.24 Å². The van der Waals surface area contributed by atoms with Gasteiger partial charge in [0.2, 0.25) is 9.84 Å². The highest BCUT2D eigenvalue weighted by molar-refractivity contribution is 8.06. The molecule has 0 aliphatic carbocycles. The summed E-state index contributed by atoms with van der Waals surface area (Å²) in [5.41, 5.74) is 4.40. The molecule has 3 N–H and O–H groups in total. The van der Waals surface area contributed by atoms with E-state index in [-0.39, 0.29) is 0 Å². The fraction of sp³-hybridized carbons (Fsp3) is 0.667. The van der Waals surface area contributed by atoms with Crippen LogP contribution in [0.15, 0.2) is 0 Å². The van der Waals surface area contributed by atoms with E-state index in [2.05, 4.69) is 5.73 Å². The minimum absolute atomic E-state index is 0.999. The number of hydrogen-bond acceptors (Lipinski definition) is 5. The molecule has 12 heavy (non-hydrogen) atoms. The maximum Gasteiger partial charge on any atom is 0.333 e. The standard InChI is InChI=1S/C3H7NO6S2/c4-3(5)11(6,7)1-2-12(8,9)10/h1-2H2,(H2,4,5)(H,8,9,10). The molecule has 0 atom stereocenters. The van der Waals surface area contributed by atoms with Crippen LogP contribution in [0.3, 0.4) is 0 Å². The summed E-state index contributed by atoms with van der Waals surface area (Å²) in [6.45, 7) is 0. The lowest BCUT2D eigenvalue weighted by atomic mass is 11.0. The van der Waals surface area contributed by atoms with Crippen LogP contribution in [0, 0.1) is 0 Å². The number of nitrogens with two attached hydrogens (primary N) is 1. The largest absolute Gasteiger partial charge is 0.356 e. The second-order valence-corrected chi connectivity index (χ2v) is 5.54. The average Bonchev–Trinajstić information content (AvgIpc) is 1.82. The fourth-order valence-corrected chi connectivity index (χ4v) is 2.24. The topological polar surface area (TPSA) is 132 Å². The van der Waals surface area contributed by atoms with Crippen molar-refractivity contribution in [3.63, 3.8) is 0 Å². The van der Waals surface area contributed by atoms with E-state index in [0.29, 0.717) is 0 Å². The number of amides is 1. The van der Waals surface area contributed by atoms with E-state index in [1.807, 2.05) is 0 Å². The predicted octanol–water partition coefficient (Wildman–Crippen LogP) is -1.63. The lowest BCUT2D eigenvalue weighted by Crippen LogP contribution is -2.27. The second kappa shape index (κ2) is 3.37. The first kappa shape index (κ1) is 11.3. The second-order valence-electron chi connectivity index (χ2n) is 1.92. The van der Waals surface area contributed by atoms with Crippen LogP contribution in [0.2, 0.25) is 0 Å². The lowest BCUT2D eigenvalue weighted by molar-refractivity contribution is 0.265. The average molecular weight is 217 g/mol. The molecule has 0 unspecified atom stereocenters. The lowest BCUT2D eigenvalue weighted by Gasteiger charge is -1.96. The molecular formula is C3H7NO6S2. The number of carbonyl (C=O) groups is 1. The van der Waals surface area contributed by atoms with Crippen LogP contribution in [0.4, 0.5) is 4.79 Å². The van der Waals surface area contributed by atoms with Crippen LogP contribution in [-0.4, -0.2) is 38.1 Å². The Morgan fingerprint density at radius 1 is 1.17 bits per heavy atom. The van der Waals surface area contributed by atoms with Gasteiger partial charge in [-0.1, -0.05) is 0 Å². The minimum Gasteiger partial charge on any atom is -0.356 e. The molecule has 0 aromatic carbocycles. The molecule has 0 aliphatic heterocycles. The van der Waals surface area contributed by atoms with Gasteiger partial charge in [-0.2, -0.15) is 8.42 Å². The van der Waals surface area contributed by atoms with E-state index in [1.54, 1.807) is 0 Å². The van der Waals surface area contributed by atoms with Crippen LogP contribution in [0.5, 0.6) is 0 Å². The van der Waals surface area contributed by atoms with Gasteiger partial charge in [0.1, 0.15) is 0 Å². The number of sulfone groups is 1. The highest BCUT2D eigenvalue weighted by Crippen LogP contribution is 1.92. The van der Waals surface area contributed by atoms with Gasteiger partial charge in [-0.3, -0.25) is 9.35 Å². The van der Waals surface area contributed by atoms with Crippen LogP contribution in [0.25, 0.3) is 0 Å². The third kappa shape index (κ3) is 4.26. The summed E-state index contributed by atoms with van der Waals surface area (Å²) in [6, 6.07) is 0. The molecule has 72 valence electrons. The van der Waals surface area contributed by atoms with Crippen molar-refractivity contribution in [3.05, 3.63) is 0 Å². The molecule has 0 saturated carbocycles. The van der Waals surface area contributed by atoms with Crippen molar-refractivity contribution in [3.8, 4) is 0 Å². The summed E-state index contributed by atoms with van der Waals surface area (Å²) in [6.07, 6.45) is 0. The van der Waals surface area contributed by atoms with Gasteiger partial charge < -0.3 is 5.73 Å². The monoisotopic (exact) mass is 217 g/mol. The summed E-state index contributed by atoms with van der Waals surface area (Å²) in [7, 11) is -8.61. The Balaban J connectivity index is 4.42. The van der Waals surface area contributed by atoms with E-state index in [9.17, 15) is 21.6 Å². The highest BCUT2D eigenvalue weighted by Gasteiger charge is 2.21. The summed E-state index contributed by atoms with van der Waals surface area (Å²) in [5.74, 6) is -2.03. The first-order valence-electron chi connectivity index (χ1n) is 2.62. The zero-order valence-corrected chi connectivity index (χ0v) is 7.43. The van der Waals surface area contributed by atoms with Crippen molar-refractivity contribution < 1.29 is 26.2 Å². The van der Waals surface area contributed by atoms with E-state index in [0.717, 1.165) is 0 Å². The van der Waals surface area contributed by atoms with Gasteiger partial charge in [0.25, 0.3) is 10.1 Å². The van der Waals surface area contributed by atoms with Crippen molar-refractivity contribution in [2.75, 3.05) is 11.5 Å². The zero-order valence-electron chi connectivity index (χ0n) is 5.80. The van der Waals surface area contributed by atoms with Gasteiger partial charge in [-0.05, 0) is 0 Å². The molecule has 0 saturated heterocycles. The number of rotatable bonds is 3. The Bertz CT molecular complexity index is 364. The molecule has 0 aromatic heterocycles. The summed E-state index contributed by atoms with van der Waals surface area (Å²) in [4.78, 5) is 10.1. The summed E-state index contributed by atoms with van der Waals surface area (Å²) < 4.78 is 49.3. The number of primary amides is 1. The first-order chi connectivity index (χ1) is 5.15. The normalized spacial score (nSPS) is 12.8. The smallest absolute Gasteiger partial charge is 0.333 e. The Morgan fingerprint density at radius 2 is 1.58 bits per heavy atom. The quantitative estimate of drug-likeness (QED) is 0.545. The van der Waals surface area contributed by atoms with Crippen LogP contribution in [-0.2, 0) is 20.0 Å². The molecule has 0 bridgehead atoms.